The van der Waals surface area contributed by atoms with Crippen LogP contribution in [-0.4, -0.2) is 27.3 Å². The zero-order chi connectivity index (χ0) is 19.1. The van der Waals surface area contributed by atoms with Gasteiger partial charge in [-0.15, -0.1) is 0 Å². The first-order valence-electron chi connectivity index (χ1n) is 9.29. The second-order valence-electron chi connectivity index (χ2n) is 6.98. The summed E-state index contributed by atoms with van der Waals surface area (Å²) in [7, 11) is 0. The number of nitrogens with one attached hydrogen (secondary N) is 1. The van der Waals surface area contributed by atoms with E-state index in [4.69, 9.17) is 0 Å². The molecule has 1 aliphatic heterocycles. The van der Waals surface area contributed by atoms with Crippen LogP contribution in [0.3, 0.4) is 0 Å². The van der Waals surface area contributed by atoms with Gasteiger partial charge in [0.25, 0.3) is 5.91 Å². The number of para-hydroxylation sites is 1. The van der Waals surface area contributed by atoms with Crippen molar-refractivity contribution < 1.29 is 9.18 Å². The van der Waals surface area contributed by atoms with Gasteiger partial charge in [0.15, 0.2) is 0 Å². The quantitative estimate of drug-likeness (QED) is 0.564. The molecule has 0 bridgehead atoms. The first-order chi connectivity index (χ1) is 13.7. The number of nitrogens with zero attached hydrogens (tertiary/aromatic N) is 2. The van der Waals surface area contributed by atoms with E-state index >= 15 is 0 Å². The number of carbonyl (C=O) groups excluding carboxylic acids is 1. The Bertz CT molecular complexity index is 1150. The smallest absolute Gasteiger partial charge is 0.254 e. The average molecular weight is 371 g/mol. The maximum atomic E-state index is 13.3. The lowest BCUT2D eigenvalue weighted by molar-refractivity contribution is 0.0688. The van der Waals surface area contributed by atoms with Crippen molar-refractivity contribution in [2.45, 2.75) is 12.5 Å². The maximum Gasteiger partial charge on any atom is 0.254 e. The minimum atomic E-state index is -0.352. The Hall–Kier alpha value is -3.47. The van der Waals surface area contributed by atoms with Crippen molar-refractivity contribution in [3.8, 4) is 0 Å². The molecule has 1 N–H and O–H groups in total. The fourth-order valence-electron chi connectivity index (χ4n) is 4.06. The lowest BCUT2D eigenvalue weighted by Gasteiger charge is -2.35. The molecule has 2 aromatic heterocycles. The van der Waals surface area contributed by atoms with E-state index in [0.717, 1.165) is 23.3 Å². The van der Waals surface area contributed by atoms with Crippen LogP contribution in [0.4, 0.5) is 4.39 Å². The van der Waals surface area contributed by atoms with Crippen molar-refractivity contribution in [2.75, 3.05) is 6.54 Å². The van der Waals surface area contributed by atoms with E-state index in [0.29, 0.717) is 12.1 Å². The van der Waals surface area contributed by atoms with Gasteiger partial charge in [0.1, 0.15) is 11.9 Å². The molecule has 4 aromatic rings. The number of halogens is 1. The number of benzene rings is 2. The molecule has 2 aromatic carbocycles. The molecule has 3 heterocycles. The summed E-state index contributed by atoms with van der Waals surface area (Å²) in [5.74, 6) is -0.477. The van der Waals surface area contributed by atoms with Gasteiger partial charge < -0.3 is 9.88 Å². The second-order valence-corrected chi connectivity index (χ2v) is 6.98. The fraction of sp³-hybridized carbons (Fsp3) is 0.130. The molecule has 0 fully saturated rings. The standard InChI is InChI=1S/C23H18FN3O/c24-16-10-8-15(9-11-16)23(28)27-14-12-18-17-5-1-2-6-19(17)26-21(18)22(27)20-7-3-4-13-25-20/h1-11,13,22,26H,12,14H2. The first-order valence-corrected chi connectivity index (χ1v) is 9.29. The molecule has 0 aliphatic carbocycles. The lowest BCUT2D eigenvalue weighted by Crippen LogP contribution is -2.41. The minimum absolute atomic E-state index is 0.125. The van der Waals surface area contributed by atoms with Crippen molar-refractivity contribution in [3.05, 3.63) is 101 Å². The molecule has 5 rings (SSSR count). The number of carbonyl (C=O) groups is 1. The highest BCUT2D eigenvalue weighted by molar-refractivity contribution is 5.95. The van der Waals surface area contributed by atoms with Crippen LogP contribution in [0.15, 0.2) is 72.9 Å². The zero-order valence-corrected chi connectivity index (χ0v) is 15.1. The molecule has 0 radical (unpaired) electrons. The predicted molar refractivity (Wildman–Crippen MR) is 106 cm³/mol. The van der Waals surface area contributed by atoms with Crippen LogP contribution in [0.5, 0.6) is 0 Å². The summed E-state index contributed by atoms with van der Waals surface area (Å²) in [5, 5.41) is 1.19. The summed E-state index contributed by atoms with van der Waals surface area (Å²) < 4.78 is 13.3. The molecule has 0 saturated heterocycles. The number of rotatable bonds is 2. The van der Waals surface area contributed by atoms with Crippen LogP contribution in [0.1, 0.15) is 33.4 Å². The number of hydrogen-bond donors (Lipinski definition) is 1. The van der Waals surface area contributed by atoms with Crippen molar-refractivity contribution in [3.63, 3.8) is 0 Å². The molecule has 28 heavy (non-hydrogen) atoms. The molecule has 1 aliphatic rings. The monoisotopic (exact) mass is 371 g/mol. The summed E-state index contributed by atoms with van der Waals surface area (Å²) >= 11 is 0. The molecular weight excluding hydrogens is 353 g/mol. The highest BCUT2D eigenvalue weighted by Gasteiger charge is 2.35. The Morgan fingerprint density at radius 1 is 1.04 bits per heavy atom. The van der Waals surface area contributed by atoms with Crippen molar-refractivity contribution in [1.29, 1.82) is 0 Å². The number of aromatic amines is 1. The molecule has 5 heteroatoms. The van der Waals surface area contributed by atoms with Gasteiger partial charge in [0.2, 0.25) is 0 Å². The first kappa shape index (κ1) is 16.7. The van der Waals surface area contributed by atoms with E-state index in [2.05, 4.69) is 22.1 Å². The molecule has 1 amide bonds. The summed E-state index contributed by atoms with van der Waals surface area (Å²) in [6.07, 6.45) is 2.50. The van der Waals surface area contributed by atoms with Crippen molar-refractivity contribution in [1.82, 2.24) is 14.9 Å². The van der Waals surface area contributed by atoms with E-state index in [1.807, 2.05) is 35.2 Å². The number of hydrogen-bond acceptors (Lipinski definition) is 2. The van der Waals surface area contributed by atoms with Gasteiger partial charge in [0.05, 0.1) is 5.69 Å². The van der Waals surface area contributed by atoms with E-state index in [1.54, 1.807) is 6.20 Å². The minimum Gasteiger partial charge on any atom is -0.356 e. The van der Waals surface area contributed by atoms with Crippen LogP contribution in [0.2, 0.25) is 0 Å². The van der Waals surface area contributed by atoms with E-state index in [9.17, 15) is 9.18 Å². The van der Waals surface area contributed by atoms with Gasteiger partial charge in [-0.1, -0.05) is 24.3 Å². The summed E-state index contributed by atoms with van der Waals surface area (Å²) in [5.41, 5.74) is 4.58. The molecule has 0 spiro atoms. The normalized spacial score (nSPS) is 16.2. The van der Waals surface area contributed by atoms with Crippen molar-refractivity contribution >= 4 is 16.8 Å². The van der Waals surface area contributed by atoms with E-state index in [-0.39, 0.29) is 17.8 Å². The Labute approximate surface area is 161 Å². The topological polar surface area (TPSA) is 49.0 Å². The molecule has 0 saturated carbocycles. The number of aromatic nitrogens is 2. The molecule has 138 valence electrons. The third-order valence-electron chi connectivity index (χ3n) is 5.35. The number of H-pyrrole nitrogens is 1. The Kier molecular flexibility index (Phi) is 3.93. The molecule has 1 atom stereocenters. The van der Waals surface area contributed by atoms with Crippen molar-refractivity contribution in [2.24, 2.45) is 0 Å². The molecule has 1 unspecified atom stereocenters. The molecule has 4 nitrogen and oxygen atoms in total. The van der Waals surface area contributed by atoms with Crippen LogP contribution in [0.25, 0.3) is 10.9 Å². The van der Waals surface area contributed by atoms with Gasteiger partial charge in [-0.05, 0) is 54.4 Å². The Morgan fingerprint density at radius 2 is 1.82 bits per heavy atom. The van der Waals surface area contributed by atoms with Crippen LogP contribution in [-0.2, 0) is 6.42 Å². The Morgan fingerprint density at radius 3 is 2.61 bits per heavy atom. The van der Waals surface area contributed by atoms with Gasteiger partial charge in [-0.3, -0.25) is 9.78 Å². The van der Waals surface area contributed by atoms with Crippen LogP contribution in [0, 0.1) is 5.82 Å². The van der Waals surface area contributed by atoms with E-state index < -0.39 is 0 Å². The van der Waals surface area contributed by atoms with Gasteiger partial charge in [-0.25, -0.2) is 4.39 Å². The lowest BCUT2D eigenvalue weighted by atomic mass is 9.94. The second kappa shape index (κ2) is 6.60. The average Bonchev–Trinajstić information content (AvgIpc) is 3.12. The zero-order valence-electron chi connectivity index (χ0n) is 15.1. The Balaban J connectivity index is 1.65. The third-order valence-corrected chi connectivity index (χ3v) is 5.35. The van der Waals surface area contributed by atoms with E-state index in [1.165, 1.54) is 35.2 Å². The van der Waals surface area contributed by atoms with Gasteiger partial charge in [-0.2, -0.15) is 0 Å². The van der Waals surface area contributed by atoms with Crippen LogP contribution >= 0.6 is 0 Å². The molecular formula is C23H18FN3O. The summed E-state index contributed by atoms with van der Waals surface area (Å²) in [6, 6.07) is 19.3. The number of fused-ring (bicyclic) bond motifs is 3. The predicted octanol–water partition coefficient (Wildman–Crippen LogP) is 4.49. The maximum absolute atomic E-state index is 13.3. The van der Waals surface area contributed by atoms with Gasteiger partial charge in [0, 0.05) is 34.9 Å². The summed E-state index contributed by atoms with van der Waals surface area (Å²) in [6.45, 7) is 0.576. The van der Waals surface area contributed by atoms with Crippen LogP contribution < -0.4 is 0 Å². The number of pyridine rings is 1. The highest BCUT2D eigenvalue weighted by atomic mass is 19.1. The fourth-order valence-corrected chi connectivity index (χ4v) is 4.06. The van der Waals surface area contributed by atoms with Gasteiger partial charge >= 0.3 is 0 Å². The SMILES string of the molecule is O=C(c1ccc(F)cc1)N1CCc2c([nH]c3ccccc23)C1c1ccccn1. The highest BCUT2D eigenvalue weighted by Crippen LogP contribution is 2.38. The summed E-state index contributed by atoms with van der Waals surface area (Å²) in [4.78, 5) is 23.2. The largest absolute Gasteiger partial charge is 0.356 e. The third kappa shape index (κ3) is 2.67. The number of amides is 1.